The number of rotatable bonds is 6. The summed E-state index contributed by atoms with van der Waals surface area (Å²) in [4.78, 5) is 0. The molecule has 0 amide bonds. The Balaban J connectivity index is 1.69. The van der Waals surface area contributed by atoms with Gasteiger partial charge in [0.1, 0.15) is 5.82 Å². The van der Waals surface area contributed by atoms with Crippen LogP contribution in [0.2, 0.25) is 0 Å². The van der Waals surface area contributed by atoms with Crippen LogP contribution in [0.3, 0.4) is 0 Å². The molecule has 4 rings (SSSR count). The molecule has 0 aliphatic carbocycles. The lowest BCUT2D eigenvalue weighted by molar-refractivity contribution is 0.841. The van der Waals surface area contributed by atoms with Crippen LogP contribution in [0.5, 0.6) is 0 Å². The molecule has 0 atom stereocenters. The van der Waals surface area contributed by atoms with E-state index in [0.29, 0.717) is 0 Å². The van der Waals surface area contributed by atoms with Gasteiger partial charge in [-0.1, -0.05) is 90.6 Å². The minimum absolute atomic E-state index is 0.758. The fourth-order valence-electron chi connectivity index (χ4n) is 3.07. The molecule has 3 nitrogen and oxygen atoms in total. The van der Waals surface area contributed by atoms with Gasteiger partial charge in [-0.2, -0.15) is 0 Å². The Morgan fingerprint density at radius 1 is 0.741 bits per heavy atom. The number of para-hydroxylation sites is 1. The molecule has 4 heteroatoms. The summed E-state index contributed by atoms with van der Waals surface area (Å²) in [7, 11) is 0. The summed E-state index contributed by atoms with van der Waals surface area (Å²) in [6.07, 6.45) is 0.758. The number of hydrogen-bond acceptors (Lipinski definition) is 3. The van der Waals surface area contributed by atoms with Crippen molar-refractivity contribution in [1.82, 2.24) is 14.8 Å². The van der Waals surface area contributed by atoms with Crippen LogP contribution < -0.4 is 0 Å². The van der Waals surface area contributed by atoms with E-state index in [0.717, 1.165) is 28.8 Å². The molecule has 134 valence electrons. The highest BCUT2D eigenvalue weighted by molar-refractivity contribution is 7.98. The van der Waals surface area contributed by atoms with Crippen LogP contribution in [0.1, 0.15) is 22.5 Å². The van der Waals surface area contributed by atoms with Gasteiger partial charge >= 0.3 is 0 Å². The Hall–Kier alpha value is -2.85. The molecule has 0 aliphatic heterocycles. The first-order valence-electron chi connectivity index (χ1n) is 9.02. The average Bonchev–Trinajstić information content (AvgIpc) is 3.10. The monoisotopic (exact) mass is 371 g/mol. The van der Waals surface area contributed by atoms with Crippen LogP contribution in [-0.2, 0) is 12.2 Å². The van der Waals surface area contributed by atoms with Crippen molar-refractivity contribution in [2.24, 2.45) is 0 Å². The Morgan fingerprint density at radius 2 is 1.37 bits per heavy atom. The third-order valence-corrected chi connectivity index (χ3v) is 5.47. The van der Waals surface area contributed by atoms with Gasteiger partial charge in [-0.05, 0) is 29.7 Å². The van der Waals surface area contributed by atoms with E-state index in [4.69, 9.17) is 0 Å². The number of aryl methyl sites for hydroxylation is 1. The summed E-state index contributed by atoms with van der Waals surface area (Å²) < 4.78 is 2.20. The molecule has 1 heterocycles. The van der Waals surface area contributed by atoms with Crippen LogP contribution in [0.15, 0.2) is 90.1 Å². The number of thioether (sulfide) groups is 1. The molecule has 1 aromatic heterocycles. The van der Waals surface area contributed by atoms with Gasteiger partial charge in [0, 0.05) is 12.2 Å². The third kappa shape index (κ3) is 4.12. The van der Waals surface area contributed by atoms with E-state index in [1.165, 1.54) is 16.7 Å². The smallest absolute Gasteiger partial charge is 0.196 e. The van der Waals surface area contributed by atoms with Crippen LogP contribution in [0.4, 0.5) is 0 Å². The van der Waals surface area contributed by atoms with Gasteiger partial charge in [0.05, 0.1) is 5.69 Å². The number of nitrogens with zero attached hydrogens (tertiary/aromatic N) is 3. The summed E-state index contributed by atoms with van der Waals surface area (Å²) in [5.41, 5.74) is 4.88. The number of benzene rings is 3. The summed E-state index contributed by atoms with van der Waals surface area (Å²) >= 11 is 1.72. The molecule has 0 fully saturated rings. The SMILES string of the molecule is Cc1ccccc1-n1c(Cc2ccccc2)nnc1SCc1ccccc1. The van der Waals surface area contributed by atoms with Crippen molar-refractivity contribution in [3.63, 3.8) is 0 Å². The zero-order valence-corrected chi connectivity index (χ0v) is 16.1. The topological polar surface area (TPSA) is 30.7 Å². The standard InChI is InChI=1S/C23H21N3S/c1-18-10-8-9-15-21(18)26-22(16-19-11-4-2-5-12-19)24-25-23(26)27-17-20-13-6-3-7-14-20/h2-15H,16-17H2,1H3. The summed E-state index contributed by atoms with van der Waals surface area (Å²) in [5, 5.41) is 9.98. The second-order valence-corrected chi connectivity index (χ2v) is 7.40. The van der Waals surface area contributed by atoms with Gasteiger partial charge in [0.25, 0.3) is 0 Å². The molecule has 0 radical (unpaired) electrons. The van der Waals surface area contributed by atoms with E-state index in [1.807, 2.05) is 12.1 Å². The first-order chi connectivity index (χ1) is 13.3. The van der Waals surface area contributed by atoms with Crippen LogP contribution in [0.25, 0.3) is 5.69 Å². The van der Waals surface area contributed by atoms with Crippen molar-refractivity contribution in [1.29, 1.82) is 0 Å². The van der Waals surface area contributed by atoms with E-state index in [1.54, 1.807) is 11.8 Å². The van der Waals surface area contributed by atoms with Crippen molar-refractivity contribution < 1.29 is 0 Å². The maximum atomic E-state index is 4.53. The highest BCUT2D eigenvalue weighted by atomic mass is 32.2. The van der Waals surface area contributed by atoms with Crippen molar-refractivity contribution >= 4 is 11.8 Å². The largest absolute Gasteiger partial charge is 0.273 e. The molecule has 0 bridgehead atoms. The maximum absolute atomic E-state index is 4.53. The molecule has 0 saturated heterocycles. The average molecular weight is 372 g/mol. The molecule has 0 saturated carbocycles. The van der Waals surface area contributed by atoms with E-state index in [9.17, 15) is 0 Å². The van der Waals surface area contributed by atoms with Gasteiger partial charge < -0.3 is 0 Å². The molecular formula is C23H21N3S. The minimum atomic E-state index is 0.758. The molecule has 0 N–H and O–H groups in total. The molecule has 3 aromatic carbocycles. The maximum Gasteiger partial charge on any atom is 0.196 e. The zero-order chi connectivity index (χ0) is 18.5. The van der Waals surface area contributed by atoms with E-state index in [-0.39, 0.29) is 0 Å². The van der Waals surface area contributed by atoms with Gasteiger partial charge in [0.2, 0.25) is 0 Å². The quantitative estimate of drug-likeness (QED) is 0.422. The van der Waals surface area contributed by atoms with Crippen molar-refractivity contribution in [3.05, 3.63) is 107 Å². The van der Waals surface area contributed by atoms with E-state index >= 15 is 0 Å². The molecule has 0 aliphatic rings. The predicted octanol–water partition coefficient (Wildman–Crippen LogP) is 5.46. The minimum Gasteiger partial charge on any atom is -0.273 e. The number of hydrogen-bond donors (Lipinski definition) is 0. The zero-order valence-electron chi connectivity index (χ0n) is 15.2. The lowest BCUT2D eigenvalue weighted by Gasteiger charge is -2.13. The summed E-state index contributed by atoms with van der Waals surface area (Å²) in [6.45, 7) is 2.13. The normalized spacial score (nSPS) is 10.9. The van der Waals surface area contributed by atoms with Crippen LogP contribution in [0, 0.1) is 6.92 Å². The molecule has 0 unspecified atom stereocenters. The fourth-order valence-corrected chi connectivity index (χ4v) is 3.98. The van der Waals surface area contributed by atoms with Crippen molar-refractivity contribution in [2.75, 3.05) is 0 Å². The lowest BCUT2D eigenvalue weighted by atomic mass is 10.1. The fraction of sp³-hybridized carbons (Fsp3) is 0.130. The Kier molecular flexibility index (Phi) is 5.35. The third-order valence-electron chi connectivity index (χ3n) is 4.47. The first-order valence-corrected chi connectivity index (χ1v) is 10.0. The molecule has 0 spiro atoms. The Morgan fingerprint density at radius 3 is 2.07 bits per heavy atom. The molecule has 4 aromatic rings. The Labute approximate surface area is 164 Å². The van der Waals surface area contributed by atoms with Crippen molar-refractivity contribution in [3.8, 4) is 5.69 Å². The Bertz CT molecular complexity index is 1010. The highest BCUT2D eigenvalue weighted by Crippen LogP contribution is 2.27. The lowest BCUT2D eigenvalue weighted by Crippen LogP contribution is -2.05. The van der Waals surface area contributed by atoms with Crippen LogP contribution >= 0.6 is 11.8 Å². The van der Waals surface area contributed by atoms with Gasteiger partial charge in [-0.25, -0.2) is 0 Å². The van der Waals surface area contributed by atoms with Gasteiger partial charge in [-0.3, -0.25) is 4.57 Å². The summed E-state index contributed by atoms with van der Waals surface area (Å²) in [6, 6.07) is 29.3. The highest BCUT2D eigenvalue weighted by Gasteiger charge is 2.16. The molecule has 27 heavy (non-hydrogen) atoms. The predicted molar refractivity (Wildman–Crippen MR) is 111 cm³/mol. The summed E-state index contributed by atoms with van der Waals surface area (Å²) in [5.74, 6) is 1.84. The number of aromatic nitrogens is 3. The van der Waals surface area contributed by atoms with E-state index in [2.05, 4.69) is 94.5 Å². The first kappa shape index (κ1) is 17.6. The van der Waals surface area contributed by atoms with Gasteiger partial charge in [0.15, 0.2) is 5.16 Å². The second-order valence-electron chi connectivity index (χ2n) is 6.46. The van der Waals surface area contributed by atoms with Crippen molar-refractivity contribution in [2.45, 2.75) is 24.3 Å². The second kappa shape index (κ2) is 8.23. The van der Waals surface area contributed by atoms with Gasteiger partial charge in [-0.15, -0.1) is 10.2 Å². The van der Waals surface area contributed by atoms with E-state index < -0.39 is 0 Å². The van der Waals surface area contributed by atoms with Crippen LogP contribution in [-0.4, -0.2) is 14.8 Å². The molecular weight excluding hydrogens is 350 g/mol.